The molecule has 0 spiro atoms. The molecule has 0 aliphatic heterocycles. The van der Waals surface area contributed by atoms with Crippen LogP contribution in [0, 0.1) is 5.92 Å². The zero-order chi connectivity index (χ0) is 9.84. The van der Waals surface area contributed by atoms with E-state index in [2.05, 4.69) is 17.0 Å². The van der Waals surface area contributed by atoms with E-state index in [0.717, 1.165) is 19.3 Å². The summed E-state index contributed by atoms with van der Waals surface area (Å²) in [6.45, 7) is 2.11. The second-order valence-corrected chi connectivity index (χ2v) is 3.36. The Kier molecular flexibility index (Phi) is 3.28. The highest BCUT2D eigenvalue weighted by Crippen LogP contribution is 2.34. The van der Waals surface area contributed by atoms with Crippen molar-refractivity contribution in [3.05, 3.63) is 0 Å². The standard InChI is InChI=1S/C9H15NO3/c1-3-4-6-5-7(6)10-8(11)9(12)13-2/h6-7H,3-5H2,1-2H3,(H,10,11). The molecule has 1 aliphatic rings. The Morgan fingerprint density at radius 1 is 1.54 bits per heavy atom. The van der Waals surface area contributed by atoms with Gasteiger partial charge in [0.2, 0.25) is 0 Å². The fourth-order valence-electron chi connectivity index (χ4n) is 1.43. The molecule has 13 heavy (non-hydrogen) atoms. The van der Waals surface area contributed by atoms with E-state index in [9.17, 15) is 9.59 Å². The zero-order valence-corrected chi connectivity index (χ0v) is 8.00. The monoisotopic (exact) mass is 185 g/mol. The maximum absolute atomic E-state index is 11.0. The Morgan fingerprint density at radius 2 is 2.23 bits per heavy atom. The molecular weight excluding hydrogens is 170 g/mol. The van der Waals surface area contributed by atoms with Gasteiger partial charge in [0.05, 0.1) is 7.11 Å². The summed E-state index contributed by atoms with van der Waals surface area (Å²) in [5.74, 6) is -0.855. The van der Waals surface area contributed by atoms with Gasteiger partial charge < -0.3 is 10.1 Å². The van der Waals surface area contributed by atoms with Crippen LogP contribution in [0.15, 0.2) is 0 Å². The lowest BCUT2D eigenvalue weighted by Gasteiger charge is -2.01. The lowest BCUT2D eigenvalue weighted by molar-refractivity contribution is -0.152. The van der Waals surface area contributed by atoms with Crippen LogP contribution in [0.1, 0.15) is 26.2 Å². The summed E-state index contributed by atoms with van der Waals surface area (Å²) in [6, 6.07) is 0.201. The summed E-state index contributed by atoms with van der Waals surface area (Å²) in [4.78, 5) is 21.7. The number of carbonyl (C=O) groups is 2. The molecule has 4 nitrogen and oxygen atoms in total. The van der Waals surface area contributed by atoms with E-state index in [0.29, 0.717) is 5.92 Å². The van der Waals surface area contributed by atoms with Crippen LogP contribution in [-0.2, 0) is 14.3 Å². The Hall–Kier alpha value is -1.06. The van der Waals surface area contributed by atoms with Crippen molar-refractivity contribution < 1.29 is 14.3 Å². The molecule has 1 rings (SSSR count). The van der Waals surface area contributed by atoms with Crippen molar-refractivity contribution in [2.75, 3.05) is 7.11 Å². The summed E-state index contributed by atoms with van der Waals surface area (Å²) in [7, 11) is 1.21. The normalized spacial score (nSPS) is 25.1. The molecule has 1 fully saturated rings. The molecule has 0 bridgehead atoms. The van der Waals surface area contributed by atoms with Gasteiger partial charge in [-0.3, -0.25) is 4.79 Å². The first kappa shape index (κ1) is 10.0. The molecule has 2 atom stereocenters. The van der Waals surface area contributed by atoms with Gasteiger partial charge in [0.15, 0.2) is 0 Å². The molecule has 0 heterocycles. The lowest BCUT2D eigenvalue weighted by Crippen LogP contribution is -2.34. The molecule has 0 radical (unpaired) electrons. The maximum Gasteiger partial charge on any atom is 0.396 e. The Balaban J connectivity index is 2.20. The Bertz CT molecular complexity index is 215. The van der Waals surface area contributed by atoms with Gasteiger partial charge in [0, 0.05) is 6.04 Å². The summed E-state index contributed by atoms with van der Waals surface area (Å²) in [5.41, 5.74) is 0. The first-order valence-corrected chi connectivity index (χ1v) is 4.57. The van der Waals surface area contributed by atoms with Gasteiger partial charge in [-0.05, 0) is 18.8 Å². The largest absolute Gasteiger partial charge is 0.462 e. The summed E-state index contributed by atoms with van der Waals surface area (Å²) >= 11 is 0. The van der Waals surface area contributed by atoms with E-state index in [4.69, 9.17) is 0 Å². The molecule has 2 unspecified atom stereocenters. The summed E-state index contributed by atoms with van der Waals surface area (Å²) in [6.07, 6.45) is 3.23. The second kappa shape index (κ2) is 4.25. The quantitative estimate of drug-likeness (QED) is 0.513. The van der Waals surface area contributed by atoms with Crippen molar-refractivity contribution in [2.24, 2.45) is 5.92 Å². The van der Waals surface area contributed by atoms with Gasteiger partial charge in [0.1, 0.15) is 0 Å². The first-order valence-electron chi connectivity index (χ1n) is 4.57. The Labute approximate surface area is 77.6 Å². The van der Waals surface area contributed by atoms with E-state index in [1.54, 1.807) is 0 Å². The predicted octanol–water partition coefficient (Wildman–Crippen LogP) is 0.464. The van der Waals surface area contributed by atoms with Crippen LogP contribution in [0.2, 0.25) is 0 Å². The number of methoxy groups -OCH3 is 1. The number of carbonyl (C=O) groups excluding carboxylic acids is 2. The fraction of sp³-hybridized carbons (Fsp3) is 0.778. The molecule has 1 aliphatic carbocycles. The minimum Gasteiger partial charge on any atom is -0.462 e. The van der Waals surface area contributed by atoms with Crippen molar-refractivity contribution in [3.63, 3.8) is 0 Å². The number of rotatable bonds is 3. The van der Waals surface area contributed by atoms with Crippen LogP contribution in [0.4, 0.5) is 0 Å². The van der Waals surface area contributed by atoms with Crippen molar-refractivity contribution in [1.82, 2.24) is 5.32 Å². The number of hydrogen-bond acceptors (Lipinski definition) is 3. The number of ether oxygens (including phenoxy) is 1. The van der Waals surface area contributed by atoms with Gasteiger partial charge in [-0.15, -0.1) is 0 Å². The van der Waals surface area contributed by atoms with Crippen molar-refractivity contribution >= 4 is 11.9 Å². The van der Waals surface area contributed by atoms with Crippen LogP contribution in [0.3, 0.4) is 0 Å². The van der Waals surface area contributed by atoms with E-state index in [-0.39, 0.29) is 6.04 Å². The lowest BCUT2D eigenvalue weighted by atomic mass is 10.2. The molecule has 0 aromatic carbocycles. The van der Waals surface area contributed by atoms with E-state index in [1.807, 2.05) is 0 Å². The average Bonchev–Trinajstić information content (AvgIpc) is 2.83. The van der Waals surface area contributed by atoms with Crippen LogP contribution < -0.4 is 5.32 Å². The molecule has 0 aromatic rings. The van der Waals surface area contributed by atoms with E-state index < -0.39 is 11.9 Å². The SMILES string of the molecule is CCCC1CC1NC(=O)C(=O)OC. The number of hydrogen-bond donors (Lipinski definition) is 1. The van der Waals surface area contributed by atoms with Crippen LogP contribution in [-0.4, -0.2) is 25.0 Å². The molecule has 74 valence electrons. The second-order valence-electron chi connectivity index (χ2n) is 3.36. The van der Waals surface area contributed by atoms with Gasteiger partial charge in [-0.1, -0.05) is 13.3 Å². The molecule has 1 amide bonds. The molecule has 1 saturated carbocycles. The summed E-state index contributed by atoms with van der Waals surface area (Å²) < 4.78 is 4.28. The van der Waals surface area contributed by atoms with Gasteiger partial charge in [-0.2, -0.15) is 0 Å². The summed E-state index contributed by atoms with van der Waals surface area (Å²) in [5, 5.41) is 2.63. The highest BCUT2D eigenvalue weighted by Gasteiger charge is 2.38. The number of esters is 1. The third-order valence-corrected chi connectivity index (χ3v) is 2.27. The van der Waals surface area contributed by atoms with Crippen molar-refractivity contribution in [3.8, 4) is 0 Å². The minimum absolute atomic E-state index is 0.201. The number of amides is 1. The molecule has 0 saturated heterocycles. The third kappa shape index (κ3) is 2.72. The van der Waals surface area contributed by atoms with Crippen molar-refractivity contribution in [2.45, 2.75) is 32.2 Å². The van der Waals surface area contributed by atoms with E-state index >= 15 is 0 Å². The zero-order valence-electron chi connectivity index (χ0n) is 8.00. The first-order chi connectivity index (χ1) is 6.19. The topological polar surface area (TPSA) is 55.4 Å². The van der Waals surface area contributed by atoms with Crippen LogP contribution in [0.25, 0.3) is 0 Å². The maximum atomic E-state index is 11.0. The highest BCUT2D eigenvalue weighted by molar-refractivity contribution is 6.32. The van der Waals surface area contributed by atoms with Gasteiger partial charge in [0.25, 0.3) is 0 Å². The molecule has 0 aromatic heterocycles. The number of nitrogens with one attached hydrogen (secondary N) is 1. The molecular formula is C9H15NO3. The van der Waals surface area contributed by atoms with Gasteiger partial charge in [-0.25, -0.2) is 4.79 Å². The molecule has 4 heteroatoms. The van der Waals surface area contributed by atoms with Crippen molar-refractivity contribution in [1.29, 1.82) is 0 Å². The highest BCUT2D eigenvalue weighted by atomic mass is 16.5. The van der Waals surface area contributed by atoms with E-state index in [1.165, 1.54) is 7.11 Å². The Morgan fingerprint density at radius 3 is 2.77 bits per heavy atom. The smallest absolute Gasteiger partial charge is 0.396 e. The predicted molar refractivity (Wildman–Crippen MR) is 47.0 cm³/mol. The third-order valence-electron chi connectivity index (χ3n) is 2.27. The van der Waals surface area contributed by atoms with Crippen LogP contribution in [0.5, 0.6) is 0 Å². The molecule has 1 N–H and O–H groups in total. The van der Waals surface area contributed by atoms with Crippen LogP contribution >= 0.6 is 0 Å². The van der Waals surface area contributed by atoms with Gasteiger partial charge >= 0.3 is 11.9 Å². The average molecular weight is 185 g/mol. The minimum atomic E-state index is -0.804. The fourth-order valence-corrected chi connectivity index (χ4v) is 1.43.